The van der Waals surface area contributed by atoms with E-state index in [4.69, 9.17) is 9.40 Å². The molecule has 6 heterocycles. The number of furan rings is 1. The van der Waals surface area contributed by atoms with E-state index in [2.05, 4.69) is 171 Å². The van der Waals surface area contributed by atoms with Crippen LogP contribution in [0.25, 0.3) is 72.4 Å². The van der Waals surface area contributed by atoms with Gasteiger partial charge in [-0.15, -0.1) is 9.13 Å². The molecule has 11 rings (SSSR count). The second kappa shape index (κ2) is 12.2. The van der Waals surface area contributed by atoms with Crippen LogP contribution in [-0.4, -0.2) is 17.6 Å². The molecule has 1 spiro atoms. The van der Waals surface area contributed by atoms with Gasteiger partial charge in [0.1, 0.15) is 22.7 Å². The van der Waals surface area contributed by atoms with Gasteiger partial charge in [-0.05, 0) is 86.2 Å². The van der Waals surface area contributed by atoms with Crippen LogP contribution in [0.3, 0.4) is 0 Å². The summed E-state index contributed by atoms with van der Waals surface area (Å²) < 4.78 is 32.0. The Balaban J connectivity index is 1.45. The average molecular weight is 791 g/mol. The Labute approximate surface area is 345 Å². The van der Waals surface area contributed by atoms with Crippen molar-refractivity contribution in [3.63, 3.8) is 0 Å². The molecule has 0 fully saturated rings. The quantitative estimate of drug-likeness (QED) is 0.132. The minimum absolute atomic E-state index is 0.174. The van der Waals surface area contributed by atoms with Gasteiger partial charge in [0, 0.05) is 45.5 Å². The highest BCUT2D eigenvalue weighted by molar-refractivity contribution is 6.89. The van der Waals surface area contributed by atoms with Crippen LogP contribution < -0.4 is 14.3 Å². The lowest BCUT2D eigenvalue weighted by Crippen LogP contribution is -2.72. The smallest absolute Gasteiger partial charge is 0.365 e. The first-order valence-corrected chi connectivity index (χ1v) is 24.3. The highest BCUT2D eigenvalue weighted by Crippen LogP contribution is 2.55. The molecule has 9 aromatic rings. The first kappa shape index (κ1) is 35.9. The molecule has 0 saturated heterocycles. The fourth-order valence-electron chi connectivity index (χ4n) is 10.4. The monoisotopic (exact) mass is 790 g/mol. The van der Waals surface area contributed by atoms with Crippen LogP contribution in [0.15, 0.2) is 120 Å². The molecule has 1 unspecified atom stereocenters. The van der Waals surface area contributed by atoms with Crippen molar-refractivity contribution in [3.8, 4) is 39.5 Å². The van der Waals surface area contributed by atoms with E-state index in [9.17, 15) is 0 Å². The second-order valence-electron chi connectivity index (χ2n) is 18.2. The van der Waals surface area contributed by atoms with Crippen LogP contribution in [0.1, 0.15) is 59.0 Å². The standard InChI is InChI=1S/C52H47FN4OSi/c1-29(2)37-27-43-47-39(23-20-31(4)49(47)53)52(55(43)28-45(37)59(7,8)9)40-26-38(34-21-18-30(3)19-22-34)46-36-14-10-13-17-44(36)58-50(46)48(40)51-56(35-24-32(5)54-33(6)25-35)41-15-11-12-16-42(41)57(51)52/h10-29H,1-9H3/q+2. The molecule has 2 aliphatic heterocycles. The summed E-state index contributed by atoms with van der Waals surface area (Å²) in [7, 11) is -1.97. The molecule has 5 nitrogen and oxygen atoms in total. The Bertz CT molecular complexity index is 3270. The van der Waals surface area contributed by atoms with E-state index in [1.54, 1.807) is 0 Å². The van der Waals surface area contributed by atoms with Crippen molar-refractivity contribution >= 4 is 46.2 Å². The van der Waals surface area contributed by atoms with E-state index in [1.165, 1.54) is 16.3 Å². The van der Waals surface area contributed by atoms with Gasteiger partial charge in [-0.1, -0.05) is 99.7 Å². The minimum Gasteiger partial charge on any atom is -0.455 e. The topological polar surface area (TPSA) is 38.7 Å². The van der Waals surface area contributed by atoms with E-state index in [0.717, 1.165) is 89.4 Å². The van der Waals surface area contributed by atoms with Gasteiger partial charge in [0.25, 0.3) is 0 Å². The third-order valence-corrected chi connectivity index (χ3v) is 14.9. The Kier molecular flexibility index (Phi) is 7.42. The number of imidazole rings is 1. The lowest BCUT2D eigenvalue weighted by molar-refractivity contribution is -0.944. The molecule has 290 valence electrons. The number of benzene rings is 5. The van der Waals surface area contributed by atoms with Crippen molar-refractivity contribution in [2.45, 2.75) is 72.8 Å². The molecule has 59 heavy (non-hydrogen) atoms. The highest BCUT2D eigenvalue weighted by atomic mass is 28.3. The molecular weight excluding hydrogens is 744 g/mol. The lowest BCUT2D eigenvalue weighted by Gasteiger charge is -2.25. The summed E-state index contributed by atoms with van der Waals surface area (Å²) in [5, 5.41) is 3.52. The molecule has 0 radical (unpaired) electrons. The third-order valence-electron chi connectivity index (χ3n) is 12.9. The Morgan fingerprint density at radius 3 is 2.22 bits per heavy atom. The number of pyridine rings is 2. The highest BCUT2D eigenvalue weighted by Gasteiger charge is 2.68. The first-order valence-electron chi connectivity index (χ1n) is 20.8. The zero-order valence-corrected chi connectivity index (χ0v) is 36.1. The van der Waals surface area contributed by atoms with E-state index < -0.39 is 13.7 Å². The molecule has 1 atom stereocenters. The maximum atomic E-state index is 17.4. The van der Waals surface area contributed by atoms with Gasteiger partial charge in [-0.2, -0.15) is 4.57 Å². The van der Waals surface area contributed by atoms with Crippen molar-refractivity contribution in [1.29, 1.82) is 0 Å². The number of para-hydroxylation sites is 3. The maximum absolute atomic E-state index is 17.4. The van der Waals surface area contributed by atoms with Crippen molar-refractivity contribution in [2.24, 2.45) is 0 Å². The van der Waals surface area contributed by atoms with E-state index in [1.807, 2.05) is 19.1 Å². The number of nitrogens with zero attached hydrogens (tertiary/aromatic N) is 4. The first-order chi connectivity index (χ1) is 28.3. The molecule has 5 aromatic carbocycles. The van der Waals surface area contributed by atoms with Gasteiger partial charge in [-0.25, -0.2) is 4.39 Å². The number of hydrogen-bond donors (Lipinski definition) is 0. The van der Waals surface area contributed by atoms with Crippen LogP contribution in [0.2, 0.25) is 19.6 Å². The van der Waals surface area contributed by atoms with Gasteiger partial charge in [0.05, 0.1) is 24.8 Å². The summed E-state index contributed by atoms with van der Waals surface area (Å²) in [4.78, 5) is 4.81. The predicted octanol–water partition coefficient (Wildman–Crippen LogP) is 11.5. The molecule has 4 aromatic heterocycles. The molecule has 7 heteroatoms. The van der Waals surface area contributed by atoms with Crippen LogP contribution in [0, 0.1) is 33.5 Å². The fraction of sp³-hybridized carbons (Fsp3) is 0.212. The van der Waals surface area contributed by atoms with Gasteiger partial charge < -0.3 is 4.42 Å². The average Bonchev–Trinajstić information content (AvgIpc) is 3.91. The molecule has 2 aliphatic rings. The summed E-state index contributed by atoms with van der Waals surface area (Å²) in [6, 6.07) is 39.1. The number of fused-ring (bicyclic) bond motifs is 16. The van der Waals surface area contributed by atoms with Crippen LogP contribution in [-0.2, 0) is 5.66 Å². The van der Waals surface area contributed by atoms with Crippen LogP contribution in [0.4, 0.5) is 4.39 Å². The minimum atomic E-state index is -1.97. The number of aryl methyl sites for hydroxylation is 4. The van der Waals surface area contributed by atoms with Crippen LogP contribution >= 0.6 is 0 Å². The van der Waals surface area contributed by atoms with Crippen molar-refractivity contribution in [1.82, 2.24) is 9.55 Å². The van der Waals surface area contributed by atoms with Crippen molar-refractivity contribution < 1.29 is 17.9 Å². The number of aromatic nitrogens is 4. The summed E-state index contributed by atoms with van der Waals surface area (Å²) >= 11 is 0. The number of halogens is 1. The predicted molar refractivity (Wildman–Crippen MR) is 239 cm³/mol. The summed E-state index contributed by atoms with van der Waals surface area (Å²) in [5.41, 5.74) is 15.5. The summed E-state index contributed by atoms with van der Waals surface area (Å²) in [5.74, 6) is 1.07. The van der Waals surface area contributed by atoms with E-state index >= 15 is 4.39 Å². The number of hydrogen-bond acceptors (Lipinski definition) is 2. The normalized spacial score (nSPS) is 15.5. The summed E-state index contributed by atoms with van der Waals surface area (Å²) in [6.45, 7) is 20.0. The Hall–Kier alpha value is -6.18. The Morgan fingerprint density at radius 2 is 1.49 bits per heavy atom. The molecule has 0 N–H and O–H groups in total. The van der Waals surface area contributed by atoms with Crippen molar-refractivity contribution in [2.75, 3.05) is 0 Å². The van der Waals surface area contributed by atoms with E-state index in [-0.39, 0.29) is 11.7 Å². The largest absolute Gasteiger partial charge is 0.455 e. The third kappa shape index (κ3) is 4.73. The SMILES string of the molecule is Cc1ccc(-c2cc3c(c4oc5ccccc5c24)-c2n(-c4cc(C)nc(C)c4)c4ccccc4[n+]2C32c3ccc(C)c(F)c3-c3cc(C(C)C)c([Si](C)(C)C)c[n+]32)cc1. The summed E-state index contributed by atoms with van der Waals surface area (Å²) in [6.07, 6.45) is 2.42. The lowest BCUT2D eigenvalue weighted by atomic mass is 9.85. The molecule has 0 amide bonds. The zero-order chi connectivity index (χ0) is 40.9. The van der Waals surface area contributed by atoms with Gasteiger partial charge in [-0.3, -0.25) is 4.98 Å². The zero-order valence-electron chi connectivity index (χ0n) is 35.1. The molecular formula is C52H47FN4OSi+2. The fourth-order valence-corrected chi connectivity index (χ4v) is 12.1. The second-order valence-corrected chi connectivity index (χ2v) is 23.2. The molecule has 0 bridgehead atoms. The molecule has 0 aliphatic carbocycles. The molecule has 0 saturated carbocycles. The number of rotatable bonds is 4. The maximum Gasteiger partial charge on any atom is 0.365 e. The Morgan fingerprint density at radius 1 is 0.780 bits per heavy atom. The van der Waals surface area contributed by atoms with Gasteiger partial charge >= 0.3 is 11.5 Å². The van der Waals surface area contributed by atoms with Crippen molar-refractivity contribution in [3.05, 3.63) is 160 Å². The van der Waals surface area contributed by atoms with Gasteiger partial charge in [0.15, 0.2) is 22.8 Å². The van der Waals surface area contributed by atoms with Gasteiger partial charge in [0.2, 0.25) is 5.69 Å². The van der Waals surface area contributed by atoms with E-state index in [0.29, 0.717) is 11.1 Å². The van der Waals surface area contributed by atoms with Crippen LogP contribution in [0.5, 0.6) is 0 Å².